The van der Waals surface area contributed by atoms with Gasteiger partial charge in [-0.1, -0.05) is 17.3 Å². The highest BCUT2D eigenvalue weighted by Gasteiger charge is 2.21. The number of rotatable bonds is 6. The van der Waals surface area contributed by atoms with Crippen molar-refractivity contribution in [3.05, 3.63) is 71.0 Å². The maximum atomic E-state index is 12.7. The zero-order valence-corrected chi connectivity index (χ0v) is 15.8. The summed E-state index contributed by atoms with van der Waals surface area (Å²) in [5.41, 5.74) is 3.48. The second-order valence-corrected chi connectivity index (χ2v) is 6.09. The van der Waals surface area contributed by atoms with E-state index in [1.165, 1.54) is 7.11 Å². The lowest BCUT2D eigenvalue weighted by Crippen LogP contribution is -2.16. The molecule has 1 aromatic heterocycles. The number of carbonyl (C=O) groups excluding carboxylic acids is 2. The first-order valence-electron chi connectivity index (χ1n) is 8.53. The molecule has 0 aliphatic heterocycles. The van der Waals surface area contributed by atoms with Crippen molar-refractivity contribution in [2.75, 3.05) is 19.5 Å². The van der Waals surface area contributed by atoms with Crippen molar-refractivity contribution < 1.29 is 19.1 Å². The van der Waals surface area contributed by atoms with Gasteiger partial charge in [0.1, 0.15) is 5.69 Å². The second kappa shape index (κ2) is 8.45. The third-order valence-corrected chi connectivity index (χ3v) is 4.07. The zero-order chi connectivity index (χ0) is 20.1. The van der Waals surface area contributed by atoms with Crippen molar-refractivity contribution in [2.24, 2.45) is 0 Å². The largest absolute Gasteiger partial charge is 0.465 e. The van der Waals surface area contributed by atoms with Crippen molar-refractivity contribution in [3.8, 4) is 5.69 Å². The van der Waals surface area contributed by atoms with Crippen LogP contribution < -0.4 is 5.32 Å². The summed E-state index contributed by atoms with van der Waals surface area (Å²) in [5, 5.41) is 10.9. The molecule has 8 nitrogen and oxygen atoms in total. The predicted octanol–water partition coefficient (Wildman–Crippen LogP) is 2.76. The van der Waals surface area contributed by atoms with Crippen LogP contribution in [0.25, 0.3) is 5.69 Å². The standard InChI is InChI=1S/C20H20N4O4/c1-13-5-4-6-16(11-13)24-17(12-27-2)18(22-23-24)19(25)21-15-9-7-14(8-10-15)20(26)28-3/h4-11H,12H2,1-3H3,(H,21,25). The van der Waals surface area contributed by atoms with Gasteiger partial charge in [-0.05, 0) is 48.9 Å². The van der Waals surface area contributed by atoms with E-state index < -0.39 is 11.9 Å². The number of hydrogen-bond donors (Lipinski definition) is 1. The molecule has 1 amide bonds. The molecule has 0 atom stereocenters. The van der Waals surface area contributed by atoms with E-state index in [4.69, 9.17) is 4.74 Å². The molecule has 0 saturated carbocycles. The Hall–Kier alpha value is -3.52. The first-order valence-corrected chi connectivity index (χ1v) is 8.53. The topological polar surface area (TPSA) is 95.3 Å². The molecule has 0 unspecified atom stereocenters. The highest BCUT2D eigenvalue weighted by molar-refractivity contribution is 6.03. The molecule has 2 aromatic carbocycles. The van der Waals surface area contributed by atoms with E-state index in [1.54, 1.807) is 36.1 Å². The summed E-state index contributed by atoms with van der Waals surface area (Å²) in [6, 6.07) is 14.1. The van der Waals surface area contributed by atoms with Gasteiger partial charge in [-0.15, -0.1) is 5.10 Å². The minimum atomic E-state index is -0.443. The SMILES string of the molecule is COCc1c(C(=O)Nc2ccc(C(=O)OC)cc2)nnn1-c1cccc(C)c1. The quantitative estimate of drug-likeness (QED) is 0.661. The molecule has 144 valence electrons. The number of nitrogens with zero attached hydrogens (tertiary/aromatic N) is 3. The van der Waals surface area contributed by atoms with Crippen LogP contribution >= 0.6 is 0 Å². The lowest BCUT2D eigenvalue weighted by atomic mass is 10.2. The molecule has 28 heavy (non-hydrogen) atoms. The van der Waals surface area contributed by atoms with Crippen molar-refractivity contribution in [1.82, 2.24) is 15.0 Å². The Kier molecular flexibility index (Phi) is 5.81. The summed E-state index contributed by atoms with van der Waals surface area (Å²) in [7, 11) is 2.85. The van der Waals surface area contributed by atoms with E-state index in [9.17, 15) is 9.59 Å². The molecule has 3 aromatic rings. The summed E-state index contributed by atoms with van der Waals surface area (Å²) in [6.45, 7) is 2.15. The van der Waals surface area contributed by atoms with Crippen molar-refractivity contribution in [1.29, 1.82) is 0 Å². The molecule has 1 heterocycles. The van der Waals surface area contributed by atoms with Crippen LogP contribution in [0.15, 0.2) is 48.5 Å². The summed E-state index contributed by atoms with van der Waals surface area (Å²) in [6.07, 6.45) is 0. The van der Waals surface area contributed by atoms with Gasteiger partial charge >= 0.3 is 5.97 Å². The lowest BCUT2D eigenvalue weighted by molar-refractivity contribution is 0.0600. The zero-order valence-electron chi connectivity index (χ0n) is 15.8. The molecule has 0 aliphatic carbocycles. The maximum absolute atomic E-state index is 12.7. The number of hydrogen-bond acceptors (Lipinski definition) is 6. The van der Waals surface area contributed by atoms with Gasteiger partial charge in [-0.2, -0.15) is 0 Å². The number of methoxy groups -OCH3 is 2. The minimum absolute atomic E-state index is 0.167. The number of nitrogens with one attached hydrogen (secondary N) is 1. The molecule has 8 heteroatoms. The first kappa shape index (κ1) is 19.2. The molecule has 0 spiro atoms. The Bertz CT molecular complexity index is 996. The second-order valence-electron chi connectivity index (χ2n) is 6.09. The normalized spacial score (nSPS) is 10.5. The third-order valence-electron chi connectivity index (χ3n) is 4.07. The monoisotopic (exact) mass is 380 g/mol. The fourth-order valence-electron chi connectivity index (χ4n) is 2.71. The average molecular weight is 380 g/mol. The van der Waals surface area contributed by atoms with Gasteiger partial charge < -0.3 is 14.8 Å². The lowest BCUT2D eigenvalue weighted by Gasteiger charge is -2.09. The number of ether oxygens (including phenoxy) is 2. The Balaban J connectivity index is 1.86. The maximum Gasteiger partial charge on any atom is 0.337 e. The van der Waals surface area contributed by atoms with Crippen LogP contribution in [-0.2, 0) is 16.1 Å². The smallest absolute Gasteiger partial charge is 0.337 e. The molecular formula is C20H20N4O4. The van der Waals surface area contributed by atoms with E-state index >= 15 is 0 Å². The van der Waals surface area contributed by atoms with E-state index in [1.807, 2.05) is 31.2 Å². The molecule has 1 N–H and O–H groups in total. The Morgan fingerprint density at radius 2 is 1.86 bits per heavy atom. The summed E-state index contributed by atoms with van der Waals surface area (Å²) >= 11 is 0. The number of amides is 1. The van der Waals surface area contributed by atoms with Gasteiger partial charge in [0, 0.05) is 12.8 Å². The van der Waals surface area contributed by atoms with Crippen LogP contribution in [0.5, 0.6) is 0 Å². The number of aromatic nitrogens is 3. The van der Waals surface area contributed by atoms with Crippen LogP contribution in [0.3, 0.4) is 0 Å². The van der Waals surface area contributed by atoms with Gasteiger partial charge in [-0.3, -0.25) is 4.79 Å². The number of aryl methyl sites for hydroxylation is 1. The number of anilines is 1. The van der Waals surface area contributed by atoms with Crippen LogP contribution in [0.4, 0.5) is 5.69 Å². The van der Waals surface area contributed by atoms with Crippen LogP contribution in [0.2, 0.25) is 0 Å². The van der Waals surface area contributed by atoms with Crippen molar-refractivity contribution in [2.45, 2.75) is 13.5 Å². The molecule has 0 saturated heterocycles. The fourth-order valence-corrected chi connectivity index (χ4v) is 2.71. The highest BCUT2D eigenvalue weighted by Crippen LogP contribution is 2.17. The van der Waals surface area contributed by atoms with Crippen LogP contribution in [0, 0.1) is 6.92 Å². The van der Waals surface area contributed by atoms with Gasteiger partial charge in [0.2, 0.25) is 0 Å². The molecule has 0 radical (unpaired) electrons. The Morgan fingerprint density at radius 3 is 2.50 bits per heavy atom. The fraction of sp³-hybridized carbons (Fsp3) is 0.200. The van der Waals surface area contributed by atoms with Crippen molar-refractivity contribution >= 4 is 17.6 Å². The summed E-state index contributed by atoms with van der Waals surface area (Å²) in [4.78, 5) is 24.2. The van der Waals surface area contributed by atoms with E-state index in [0.717, 1.165) is 11.3 Å². The number of carbonyl (C=O) groups is 2. The first-order chi connectivity index (χ1) is 13.5. The van der Waals surface area contributed by atoms with Gasteiger partial charge in [0.25, 0.3) is 5.91 Å². The van der Waals surface area contributed by atoms with Gasteiger partial charge in [-0.25, -0.2) is 9.48 Å². The molecular weight excluding hydrogens is 360 g/mol. The van der Waals surface area contributed by atoms with Crippen LogP contribution in [0.1, 0.15) is 32.1 Å². The van der Waals surface area contributed by atoms with Crippen molar-refractivity contribution in [3.63, 3.8) is 0 Å². The van der Waals surface area contributed by atoms with E-state index in [0.29, 0.717) is 16.9 Å². The Morgan fingerprint density at radius 1 is 1.11 bits per heavy atom. The molecule has 0 bridgehead atoms. The predicted molar refractivity (Wildman–Crippen MR) is 103 cm³/mol. The number of benzene rings is 2. The van der Waals surface area contributed by atoms with Gasteiger partial charge in [0.15, 0.2) is 5.69 Å². The number of esters is 1. The van der Waals surface area contributed by atoms with Gasteiger partial charge in [0.05, 0.1) is 25.0 Å². The molecule has 3 rings (SSSR count). The summed E-state index contributed by atoms with van der Waals surface area (Å²) < 4.78 is 11.5. The van der Waals surface area contributed by atoms with E-state index in [-0.39, 0.29) is 12.3 Å². The average Bonchev–Trinajstić information content (AvgIpc) is 3.12. The third kappa shape index (κ3) is 4.07. The Labute approximate surface area is 162 Å². The highest BCUT2D eigenvalue weighted by atomic mass is 16.5. The van der Waals surface area contributed by atoms with E-state index in [2.05, 4.69) is 20.4 Å². The molecule has 0 aliphatic rings. The summed E-state index contributed by atoms with van der Waals surface area (Å²) in [5.74, 6) is -0.863. The molecule has 0 fully saturated rings. The van der Waals surface area contributed by atoms with Crippen LogP contribution in [-0.4, -0.2) is 41.1 Å². The minimum Gasteiger partial charge on any atom is -0.465 e.